The minimum atomic E-state index is -0.247. The van der Waals surface area contributed by atoms with E-state index in [-0.39, 0.29) is 23.8 Å². The van der Waals surface area contributed by atoms with Crippen LogP contribution in [0.1, 0.15) is 16.1 Å². The maximum atomic E-state index is 11.3. The molecule has 0 atom stereocenters. The van der Waals surface area contributed by atoms with Crippen LogP contribution in [-0.2, 0) is 0 Å². The summed E-state index contributed by atoms with van der Waals surface area (Å²) in [5, 5.41) is 10.2. The molecule has 0 saturated carbocycles. The van der Waals surface area contributed by atoms with E-state index in [1.807, 2.05) is 0 Å². The van der Waals surface area contributed by atoms with Crippen molar-refractivity contribution in [2.75, 3.05) is 6.54 Å². The first kappa shape index (κ1) is 9.73. The Kier molecular flexibility index (Phi) is 2.21. The lowest BCUT2D eigenvalue weighted by molar-refractivity contribution is 0.0977. The van der Waals surface area contributed by atoms with Crippen molar-refractivity contribution in [1.82, 2.24) is 0 Å². The van der Waals surface area contributed by atoms with Gasteiger partial charge in [0.25, 0.3) is 0 Å². The SMILES string of the molecule is Cc1cc2cc(C(=O)CN)oc2cc1O. The van der Waals surface area contributed by atoms with E-state index in [2.05, 4.69) is 0 Å². The predicted octanol–water partition coefficient (Wildman–Crippen LogP) is 1.59. The second-order valence-corrected chi connectivity index (χ2v) is 3.41. The largest absolute Gasteiger partial charge is 0.508 e. The van der Waals surface area contributed by atoms with Gasteiger partial charge in [0.2, 0.25) is 5.78 Å². The quantitative estimate of drug-likeness (QED) is 0.730. The Balaban J connectivity index is 2.61. The number of ketones is 1. The molecular formula is C11H11NO3. The lowest BCUT2D eigenvalue weighted by Crippen LogP contribution is -2.12. The molecule has 2 aromatic rings. The summed E-state index contributed by atoms with van der Waals surface area (Å²) >= 11 is 0. The first-order chi connectivity index (χ1) is 7.11. The normalized spacial score (nSPS) is 10.8. The second kappa shape index (κ2) is 3.40. The Morgan fingerprint density at radius 3 is 2.87 bits per heavy atom. The average molecular weight is 205 g/mol. The third-order valence-electron chi connectivity index (χ3n) is 2.30. The van der Waals surface area contributed by atoms with E-state index in [1.54, 1.807) is 19.1 Å². The summed E-state index contributed by atoms with van der Waals surface area (Å²) in [6.07, 6.45) is 0. The summed E-state index contributed by atoms with van der Waals surface area (Å²) in [5.41, 5.74) is 6.47. The van der Waals surface area contributed by atoms with Crippen molar-refractivity contribution in [3.8, 4) is 5.75 Å². The maximum absolute atomic E-state index is 11.3. The van der Waals surface area contributed by atoms with Gasteiger partial charge in [-0.1, -0.05) is 0 Å². The predicted molar refractivity (Wildman–Crippen MR) is 56.0 cm³/mol. The number of aryl methyl sites for hydroxylation is 1. The molecule has 1 aromatic carbocycles. The highest BCUT2D eigenvalue weighted by Crippen LogP contribution is 2.27. The van der Waals surface area contributed by atoms with Crippen molar-refractivity contribution < 1.29 is 14.3 Å². The van der Waals surface area contributed by atoms with E-state index in [0.717, 1.165) is 10.9 Å². The van der Waals surface area contributed by atoms with Gasteiger partial charge < -0.3 is 15.3 Å². The Morgan fingerprint density at radius 1 is 1.47 bits per heavy atom. The number of Topliss-reactive ketones (excluding diaryl/α,β-unsaturated/α-hetero) is 1. The van der Waals surface area contributed by atoms with Gasteiger partial charge in [-0.2, -0.15) is 0 Å². The number of fused-ring (bicyclic) bond motifs is 1. The molecule has 3 N–H and O–H groups in total. The van der Waals surface area contributed by atoms with Crippen LogP contribution in [0.25, 0.3) is 11.0 Å². The number of hydrogen-bond acceptors (Lipinski definition) is 4. The van der Waals surface area contributed by atoms with Crippen LogP contribution >= 0.6 is 0 Å². The number of phenols is 1. The van der Waals surface area contributed by atoms with E-state index in [9.17, 15) is 9.90 Å². The maximum Gasteiger partial charge on any atom is 0.211 e. The molecule has 78 valence electrons. The second-order valence-electron chi connectivity index (χ2n) is 3.41. The third-order valence-corrected chi connectivity index (χ3v) is 2.30. The number of benzene rings is 1. The molecule has 0 saturated heterocycles. The number of rotatable bonds is 2. The van der Waals surface area contributed by atoms with Crippen LogP contribution in [0.4, 0.5) is 0 Å². The highest BCUT2D eigenvalue weighted by molar-refractivity contribution is 5.99. The Bertz CT molecular complexity index is 489. The smallest absolute Gasteiger partial charge is 0.211 e. The molecule has 0 spiro atoms. The van der Waals surface area contributed by atoms with Crippen LogP contribution in [0.2, 0.25) is 0 Å². The van der Waals surface area contributed by atoms with E-state index in [4.69, 9.17) is 10.2 Å². The standard InChI is InChI=1S/C11H11NO3/c1-6-2-7-3-11(9(14)5-12)15-10(7)4-8(6)13/h2-4,13H,5,12H2,1H3. The minimum absolute atomic E-state index is 0.0786. The van der Waals surface area contributed by atoms with Crippen molar-refractivity contribution in [3.05, 3.63) is 29.5 Å². The number of aromatic hydroxyl groups is 1. The Morgan fingerprint density at radius 2 is 2.20 bits per heavy atom. The van der Waals surface area contributed by atoms with Gasteiger partial charge in [0.05, 0.1) is 6.54 Å². The van der Waals surface area contributed by atoms with Gasteiger partial charge in [-0.15, -0.1) is 0 Å². The van der Waals surface area contributed by atoms with Crippen LogP contribution in [0.15, 0.2) is 22.6 Å². The molecule has 1 heterocycles. The van der Waals surface area contributed by atoms with Gasteiger partial charge in [0.15, 0.2) is 5.76 Å². The minimum Gasteiger partial charge on any atom is -0.508 e. The van der Waals surface area contributed by atoms with E-state index >= 15 is 0 Å². The summed E-state index contributed by atoms with van der Waals surface area (Å²) in [6.45, 7) is 1.71. The fourth-order valence-corrected chi connectivity index (χ4v) is 1.43. The topological polar surface area (TPSA) is 76.5 Å². The van der Waals surface area contributed by atoms with Gasteiger partial charge in [0, 0.05) is 11.5 Å². The molecule has 4 nitrogen and oxygen atoms in total. The molecule has 2 rings (SSSR count). The summed E-state index contributed by atoms with van der Waals surface area (Å²) in [4.78, 5) is 11.3. The van der Waals surface area contributed by atoms with Gasteiger partial charge >= 0.3 is 0 Å². The summed E-state index contributed by atoms with van der Waals surface area (Å²) in [7, 11) is 0. The van der Waals surface area contributed by atoms with Crippen molar-refractivity contribution in [2.45, 2.75) is 6.92 Å². The van der Waals surface area contributed by atoms with Gasteiger partial charge in [-0.3, -0.25) is 4.79 Å². The molecule has 0 bridgehead atoms. The van der Waals surface area contributed by atoms with E-state index in [0.29, 0.717) is 5.58 Å². The van der Waals surface area contributed by atoms with Crippen LogP contribution in [0, 0.1) is 6.92 Å². The lowest BCUT2D eigenvalue weighted by atomic mass is 10.1. The lowest BCUT2D eigenvalue weighted by Gasteiger charge is -1.96. The first-order valence-electron chi connectivity index (χ1n) is 4.58. The van der Waals surface area contributed by atoms with Gasteiger partial charge in [-0.25, -0.2) is 0 Å². The van der Waals surface area contributed by atoms with Crippen molar-refractivity contribution >= 4 is 16.8 Å². The Labute approximate surface area is 86.3 Å². The summed E-state index contributed by atoms with van der Waals surface area (Å²) in [6, 6.07) is 4.90. The summed E-state index contributed by atoms with van der Waals surface area (Å²) in [5.74, 6) is 0.143. The zero-order valence-corrected chi connectivity index (χ0v) is 8.28. The van der Waals surface area contributed by atoms with Crippen LogP contribution in [0.3, 0.4) is 0 Å². The zero-order valence-electron chi connectivity index (χ0n) is 8.28. The van der Waals surface area contributed by atoms with Gasteiger partial charge in [0.1, 0.15) is 11.3 Å². The molecule has 15 heavy (non-hydrogen) atoms. The highest BCUT2D eigenvalue weighted by Gasteiger charge is 2.11. The number of carbonyl (C=O) groups is 1. The van der Waals surface area contributed by atoms with Crippen molar-refractivity contribution in [1.29, 1.82) is 0 Å². The number of nitrogens with two attached hydrogens (primary N) is 1. The molecule has 4 heteroatoms. The number of phenolic OH excluding ortho intramolecular Hbond substituents is 1. The highest BCUT2D eigenvalue weighted by atomic mass is 16.3. The van der Waals surface area contributed by atoms with Crippen LogP contribution in [-0.4, -0.2) is 17.4 Å². The average Bonchev–Trinajstić information content (AvgIpc) is 2.60. The monoisotopic (exact) mass is 205 g/mol. The number of carbonyl (C=O) groups excluding carboxylic acids is 1. The van der Waals surface area contributed by atoms with Crippen LogP contribution in [0.5, 0.6) is 5.75 Å². The molecule has 1 aromatic heterocycles. The first-order valence-corrected chi connectivity index (χ1v) is 4.58. The molecule has 0 fully saturated rings. The van der Waals surface area contributed by atoms with E-state index < -0.39 is 0 Å². The number of hydrogen-bond donors (Lipinski definition) is 2. The molecule has 0 radical (unpaired) electrons. The Hall–Kier alpha value is -1.81. The fourth-order valence-electron chi connectivity index (χ4n) is 1.43. The van der Waals surface area contributed by atoms with Crippen LogP contribution < -0.4 is 5.73 Å². The molecule has 0 aliphatic heterocycles. The molecule has 0 aliphatic carbocycles. The molecular weight excluding hydrogens is 194 g/mol. The van der Waals surface area contributed by atoms with Crippen molar-refractivity contribution in [2.24, 2.45) is 5.73 Å². The number of furan rings is 1. The van der Waals surface area contributed by atoms with E-state index in [1.165, 1.54) is 6.07 Å². The van der Waals surface area contributed by atoms with Gasteiger partial charge in [-0.05, 0) is 24.6 Å². The molecule has 0 amide bonds. The zero-order chi connectivity index (χ0) is 11.0. The molecule has 0 aliphatic rings. The fraction of sp³-hybridized carbons (Fsp3) is 0.182. The summed E-state index contributed by atoms with van der Waals surface area (Å²) < 4.78 is 5.27. The van der Waals surface area contributed by atoms with Crippen molar-refractivity contribution in [3.63, 3.8) is 0 Å². The third kappa shape index (κ3) is 1.59. The molecule has 0 unspecified atom stereocenters.